The highest BCUT2D eigenvalue weighted by atomic mass is 16.5. The third-order valence-electron chi connectivity index (χ3n) is 8.70. The van der Waals surface area contributed by atoms with Crippen molar-refractivity contribution in [3.8, 4) is 11.5 Å². The Balaban J connectivity index is 1.97. The Kier molecular flexibility index (Phi) is 8.33. The zero-order valence-electron chi connectivity index (χ0n) is 24.2. The lowest BCUT2D eigenvalue weighted by Gasteiger charge is -2.48. The third kappa shape index (κ3) is 6.15. The summed E-state index contributed by atoms with van der Waals surface area (Å²) in [5, 5.41) is 0. The summed E-state index contributed by atoms with van der Waals surface area (Å²) in [6.45, 7) is 19.7. The van der Waals surface area contributed by atoms with Crippen molar-refractivity contribution in [2.75, 3.05) is 0 Å². The van der Waals surface area contributed by atoms with Gasteiger partial charge >= 0.3 is 5.97 Å². The van der Waals surface area contributed by atoms with Gasteiger partial charge in [-0.25, -0.2) is 0 Å². The Hall–Kier alpha value is -2.29. The van der Waals surface area contributed by atoms with E-state index in [1.807, 2.05) is 32.9 Å². The Morgan fingerprint density at radius 3 is 1.78 bits per heavy atom. The Morgan fingerprint density at radius 1 is 0.833 bits per heavy atom. The van der Waals surface area contributed by atoms with Crippen LogP contribution in [0.4, 0.5) is 0 Å². The molecule has 0 bridgehead atoms. The molecule has 0 aliphatic heterocycles. The predicted octanol–water partition coefficient (Wildman–Crippen LogP) is 9.12. The molecule has 0 radical (unpaired) electrons. The van der Waals surface area contributed by atoms with Crippen LogP contribution in [-0.2, 0) is 10.2 Å². The summed E-state index contributed by atoms with van der Waals surface area (Å²) >= 11 is 0. The predicted molar refractivity (Wildman–Crippen MR) is 150 cm³/mol. The molecule has 1 aliphatic rings. The van der Waals surface area contributed by atoms with Gasteiger partial charge in [0.1, 0.15) is 17.1 Å². The highest BCUT2D eigenvalue weighted by Gasteiger charge is 2.45. The number of ether oxygens (including phenoxy) is 2. The lowest BCUT2D eigenvalue weighted by Crippen LogP contribution is -2.41. The number of rotatable bonds is 9. The monoisotopic (exact) mass is 492 g/mol. The maximum atomic E-state index is 12.8. The fourth-order valence-corrected chi connectivity index (χ4v) is 6.02. The zero-order chi connectivity index (χ0) is 26.8. The van der Waals surface area contributed by atoms with Gasteiger partial charge in [0.15, 0.2) is 0 Å². The average Bonchev–Trinajstić information content (AvgIpc) is 2.82. The third-order valence-corrected chi connectivity index (χ3v) is 8.70. The van der Waals surface area contributed by atoms with Gasteiger partial charge in [-0.3, -0.25) is 4.79 Å². The number of carbonyl (C=O) groups excluding carboxylic acids is 1. The minimum absolute atomic E-state index is 0.0934. The molecule has 3 rings (SSSR count). The van der Waals surface area contributed by atoms with E-state index in [1.165, 1.54) is 17.5 Å². The van der Waals surface area contributed by atoms with Crippen LogP contribution < -0.4 is 9.47 Å². The van der Waals surface area contributed by atoms with E-state index in [4.69, 9.17) is 9.47 Å². The Bertz CT molecular complexity index is 1010. The van der Waals surface area contributed by atoms with Crippen LogP contribution in [0.2, 0.25) is 0 Å². The van der Waals surface area contributed by atoms with Gasteiger partial charge in [-0.15, -0.1) is 0 Å². The number of hydrogen-bond donors (Lipinski definition) is 0. The highest BCUT2D eigenvalue weighted by molar-refractivity contribution is 5.78. The summed E-state index contributed by atoms with van der Waals surface area (Å²) in [5.41, 5.74) is 2.13. The second kappa shape index (κ2) is 10.6. The molecule has 2 aromatic rings. The van der Waals surface area contributed by atoms with Crippen molar-refractivity contribution in [3.05, 3.63) is 59.7 Å². The van der Waals surface area contributed by atoms with Crippen LogP contribution in [0.15, 0.2) is 48.5 Å². The molecular formula is C33H48O3. The topological polar surface area (TPSA) is 35.5 Å². The van der Waals surface area contributed by atoms with Gasteiger partial charge in [0.2, 0.25) is 0 Å². The summed E-state index contributed by atoms with van der Waals surface area (Å²) in [7, 11) is 0. The standard InChI is InChI=1S/C33H48O3/c1-10-31(7,8)36-28-19-15-26(16-20-28)33(22-24(4)21-30(5,6)23-33)25-13-17-27(18-14-25)35-29(34)32(9,11-2)12-3/h13-20,24H,10-12,21-23H2,1-9H3. The number of carbonyl (C=O) groups is 1. The second-order valence-corrected chi connectivity index (χ2v) is 12.9. The van der Waals surface area contributed by atoms with E-state index in [1.54, 1.807) is 0 Å². The normalized spacial score (nSPS) is 22.2. The number of esters is 1. The van der Waals surface area contributed by atoms with Crippen LogP contribution >= 0.6 is 0 Å². The molecule has 1 aliphatic carbocycles. The van der Waals surface area contributed by atoms with E-state index in [9.17, 15) is 4.79 Å². The van der Waals surface area contributed by atoms with Crippen LogP contribution in [0.1, 0.15) is 112 Å². The summed E-state index contributed by atoms with van der Waals surface area (Å²) < 4.78 is 12.1. The molecule has 2 unspecified atom stereocenters. The first kappa shape index (κ1) is 28.3. The fraction of sp³-hybridized carbons (Fsp3) is 0.606. The molecule has 0 saturated heterocycles. The Labute approximate surface area is 220 Å². The quantitative estimate of drug-likeness (QED) is 0.259. The van der Waals surface area contributed by atoms with Crippen molar-refractivity contribution in [1.29, 1.82) is 0 Å². The number of hydrogen-bond acceptors (Lipinski definition) is 3. The molecule has 198 valence electrons. The molecule has 3 heteroatoms. The van der Waals surface area contributed by atoms with Crippen molar-refractivity contribution in [2.45, 2.75) is 112 Å². The molecule has 1 saturated carbocycles. The van der Waals surface area contributed by atoms with Crippen molar-refractivity contribution in [1.82, 2.24) is 0 Å². The summed E-state index contributed by atoms with van der Waals surface area (Å²) in [6.07, 6.45) is 5.89. The van der Waals surface area contributed by atoms with Crippen LogP contribution in [0, 0.1) is 16.7 Å². The number of benzene rings is 2. The molecule has 2 atom stereocenters. The smallest absolute Gasteiger partial charge is 0.317 e. The van der Waals surface area contributed by atoms with E-state index < -0.39 is 5.41 Å². The minimum Gasteiger partial charge on any atom is -0.488 e. The first-order valence-electron chi connectivity index (χ1n) is 13.9. The highest BCUT2D eigenvalue weighted by Crippen LogP contribution is 2.53. The lowest BCUT2D eigenvalue weighted by molar-refractivity contribution is -0.145. The van der Waals surface area contributed by atoms with E-state index in [0.29, 0.717) is 11.7 Å². The molecule has 3 nitrogen and oxygen atoms in total. The van der Waals surface area contributed by atoms with E-state index in [-0.39, 0.29) is 22.4 Å². The summed E-state index contributed by atoms with van der Waals surface area (Å²) in [5.74, 6) is 2.01. The maximum absolute atomic E-state index is 12.8. The minimum atomic E-state index is -0.446. The zero-order valence-corrected chi connectivity index (χ0v) is 24.2. The van der Waals surface area contributed by atoms with Crippen molar-refractivity contribution >= 4 is 5.97 Å². The van der Waals surface area contributed by atoms with E-state index >= 15 is 0 Å². The first-order valence-corrected chi connectivity index (χ1v) is 13.9. The molecule has 0 N–H and O–H groups in total. The molecular weight excluding hydrogens is 444 g/mol. The van der Waals surface area contributed by atoms with Crippen molar-refractivity contribution in [2.24, 2.45) is 16.7 Å². The van der Waals surface area contributed by atoms with Crippen molar-refractivity contribution in [3.63, 3.8) is 0 Å². The van der Waals surface area contributed by atoms with Gasteiger partial charge in [0.25, 0.3) is 0 Å². The van der Waals surface area contributed by atoms with E-state index in [2.05, 4.69) is 77.9 Å². The molecule has 0 spiro atoms. The SMILES string of the molecule is CCC(C)(C)Oc1ccc(C2(c3ccc(OC(=O)C(C)(CC)CC)cc3)CC(C)CC(C)(C)C2)cc1. The lowest BCUT2D eigenvalue weighted by atomic mass is 9.55. The van der Waals surface area contributed by atoms with Crippen LogP contribution in [0.5, 0.6) is 11.5 Å². The largest absolute Gasteiger partial charge is 0.488 e. The molecule has 1 fully saturated rings. The van der Waals surface area contributed by atoms with Gasteiger partial charge in [0.05, 0.1) is 5.41 Å². The van der Waals surface area contributed by atoms with E-state index in [0.717, 1.165) is 37.9 Å². The summed E-state index contributed by atoms with van der Waals surface area (Å²) in [4.78, 5) is 12.8. The van der Waals surface area contributed by atoms with Gasteiger partial charge < -0.3 is 9.47 Å². The van der Waals surface area contributed by atoms with Crippen LogP contribution in [-0.4, -0.2) is 11.6 Å². The fourth-order valence-electron chi connectivity index (χ4n) is 6.02. The molecule has 36 heavy (non-hydrogen) atoms. The van der Waals surface area contributed by atoms with Gasteiger partial charge in [-0.05, 0) is 106 Å². The van der Waals surface area contributed by atoms with Gasteiger partial charge in [-0.2, -0.15) is 0 Å². The average molecular weight is 493 g/mol. The molecule has 0 heterocycles. The van der Waals surface area contributed by atoms with Gasteiger partial charge in [-0.1, -0.05) is 65.8 Å². The molecule has 2 aromatic carbocycles. The van der Waals surface area contributed by atoms with Crippen LogP contribution in [0.3, 0.4) is 0 Å². The maximum Gasteiger partial charge on any atom is 0.317 e. The molecule has 0 amide bonds. The van der Waals surface area contributed by atoms with Crippen molar-refractivity contribution < 1.29 is 14.3 Å². The van der Waals surface area contributed by atoms with Gasteiger partial charge in [0, 0.05) is 5.41 Å². The first-order chi connectivity index (χ1) is 16.8. The van der Waals surface area contributed by atoms with Crippen LogP contribution in [0.25, 0.3) is 0 Å². The Morgan fingerprint density at radius 2 is 1.33 bits per heavy atom. The summed E-state index contributed by atoms with van der Waals surface area (Å²) in [6, 6.07) is 17.1. The molecule has 0 aromatic heterocycles. The second-order valence-electron chi connectivity index (χ2n) is 12.9.